The highest BCUT2D eigenvalue weighted by Gasteiger charge is 2.18. The zero-order chi connectivity index (χ0) is 30.5. The first-order valence-corrected chi connectivity index (χ1v) is 14.5. The molecule has 2 rings (SSSR count). The van der Waals surface area contributed by atoms with E-state index in [1.807, 2.05) is 40.2 Å². The van der Waals surface area contributed by atoms with Gasteiger partial charge in [-0.25, -0.2) is 20.0 Å². The van der Waals surface area contributed by atoms with Gasteiger partial charge in [-0.3, -0.25) is 4.85 Å². The van der Waals surface area contributed by atoms with Crippen molar-refractivity contribution >= 4 is 16.1 Å². The fraction of sp³-hybridized carbons (Fsp3) is 0.645. The van der Waals surface area contributed by atoms with Gasteiger partial charge in [0.15, 0.2) is 0 Å². The van der Waals surface area contributed by atoms with Crippen LogP contribution >= 0.6 is 0 Å². The molecule has 1 aromatic heterocycles. The van der Waals surface area contributed by atoms with E-state index in [9.17, 15) is 13.2 Å². The van der Waals surface area contributed by atoms with Crippen molar-refractivity contribution in [2.45, 2.75) is 93.0 Å². The average molecular weight is 599 g/mol. The van der Waals surface area contributed by atoms with Crippen molar-refractivity contribution in [1.29, 1.82) is 0 Å². The van der Waals surface area contributed by atoms with Crippen LogP contribution in [-0.2, 0) is 36.1 Å². The molecular weight excluding hydrogens is 540 g/mol. The number of hydrogen-bond acceptors (Lipinski definition) is 7. The van der Waals surface area contributed by atoms with Gasteiger partial charge in [-0.2, -0.15) is 0 Å². The molecule has 1 aromatic carbocycles. The van der Waals surface area contributed by atoms with Crippen molar-refractivity contribution in [1.82, 2.24) is 9.55 Å². The Hall–Kier alpha value is -2.58. The number of nitrogens with zero attached hydrogens (tertiary/aromatic N) is 3. The van der Waals surface area contributed by atoms with Gasteiger partial charge in [-0.05, 0) is 38.4 Å². The minimum absolute atomic E-state index is 0. The first kappa shape index (κ1) is 45.4. The second-order valence-corrected chi connectivity index (χ2v) is 12.9. The van der Waals surface area contributed by atoms with Gasteiger partial charge in [0.2, 0.25) is 0 Å². The molecule has 41 heavy (non-hydrogen) atoms. The third kappa shape index (κ3) is 23.8. The van der Waals surface area contributed by atoms with Gasteiger partial charge in [0.05, 0.1) is 11.2 Å². The molecule has 0 spiro atoms. The Kier molecular flexibility index (Phi) is 26.6. The minimum Gasteiger partial charge on any atom is -0.385 e. The number of carbonyl (C=O) groups is 1. The number of benzene rings is 1. The van der Waals surface area contributed by atoms with E-state index in [2.05, 4.69) is 35.2 Å². The smallest absolute Gasteiger partial charge is 0.316 e. The van der Waals surface area contributed by atoms with Gasteiger partial charge < -0.3 is 24.6 Å². The molecule has 1 heterocycles. The maximum absolute atomic E-state index is 11.3. The molecule has 0 saturated heterocycles. The quantitative estimate of drug-likeness (QED) is 0.203. The number of ether oxygens (including phenoxy) is 2. The van der Waals surface area contributed by atoms with Crippen molar-refractivity contribution in [3.05, 3.63) is 59.5 Å². The average Bonchev–Trinajstić information content (AvgIpc) is 3.33. The van der Waals surface area contributed by atoms with E-state index in [0.717, 1.165) is 51.0 Å². The summed E-state index contributed by atoms with van der Waals surface area (Å²) < 4.78 is 34.6. The van der Waals surface area contributed by atoms with Crippen molar-refractivity contribution in [3.63, 3.8) is 0 Å². The molecule has 2 N–H and O–H groups in total. The second-order valence-electron chi connectivity index (χ2n) is 10.9. The Morgan fingerprint density at radius 2 is 1.49 bits per heavy atom. The number of aryl methyl sites for hydroxylation is 2. The first-order chi connectivity index (χ1) is 18.1. The summed E-state index contributed by atoms with van der Waals surface area (Å²) in [6, 6.07) is 6.49. The number of methoxy groups -OCH3 is 2. The van der Waals surface area contributed by atoms with Crippen LogP contribution in [-0.4, -0.2) is 64.1 Å². The monoisotopic (exact) mass is 598 g/mol. The summed E-state index contributed by atoms with van der Waals surface area (Å²) in [5.41, 5.74) is 7.45. The van der Waals surface area contributed by atoms with Crippen LogP contribution in [0.15, 0.2) is 41.7 Å². The summed E-state index contributed by atoms with van der Waals surface area (Å²) in [6.07, 6.45) is 6.79. The van der Waals surface area contributed by atoms with Crippen LogP contribution in [0.3, 0.4) is 0 Å². The molecule has 0 aliphatic carbocycles. The van der Waals surface area contributed by atoms with E-state index in [1.165, 1.54) is 17.8 Å². The Balaban J connectivity index is -0.000000235. The second kappa shape index (κ2) is 24.1. The molecule has 0 unspecified atom stereocenters. The Bertz CT molecular complexity index is 1040. The number of nitrogens with two attached hydrogens (primary N) is 1. The number of rotatable bonds is 9. The molecule has 0 aliphatic rings. The minimum atomic E-state index is -3.38. The Labute approximate surface area is 251 Å². The van der Waals surface area contributed by atoms with Gasteiger partial charge in [0.25, 0.3) is 9.84 Å². The van der Waals surface area contributed by atoms with Crippen molar-refractivity contribution in [2.75, 3.05) is 39.9 Å². The molecule has 9 nitrogen and oxygen atoms in total. The van der Waals surface area contributed by atoms with Crippen molar-refractivity contribution in [2.24, 2.45) is 11.1 Å². The molecular formula is C31H58N4O5S. The number of imidazole rings is 1. The van der Waals surface area contributed by atoms with Gasteiger partial charge in [-0.15, -0.1) is 0 Å². The molecule has 10 heteroatoms. The largest absolute Gasteiger partial charge is 0.385 e. The summed E-state index contributed by atoms with van der Waals surface area (Å²) in [5.74, 6) is -0.476. The predicted octanol–water partition coefficient (Wildman–Crippen LogP) is 6.35. The highest BCUT2D eigenvalue weighted by Crippen LogP contribution is 2.21. The molecule has 0 radical (unpaired) electrons. The molecule has 0 fully saturated rings. The molecule has 0 atom stereocenters. The van der Waals surface area contributed by atoms with E-state index in [0.29, 0.717) is 0 Å². The lowest BCUT2D eigenvalue weighted by Crippen LogP contribution is -2.17. The van der Waals surface area contributed by atoms with Gasteiger partial charge >= 0.3 is 5.88 Å². The topological polar surface area (TPSA) is 118 Å². The number of sulfone groups is 1. The summed E-state index contributed by atoms with van der Waals surface area (Å²) in [5, 5.41) is 0. The first-order valence-electron chi connectivity index (χ1n) is 12.9. The number of carbonyl (C=O) groups excluding carboxylic acids is 1. The Morgan fingerprint density at radius 3 is 1.85 bits per heavy atom. The van der Waals surface area contributed by atoms with Crippen molar-refractivity contribution in [3.8, 4) is 0 Å². The zero-order valence-electron chi connectivity index (χ0n) is 25.4. The van der Waals surface area contributed by atoms with Crippen LogP contribution < -0.4 is 5.73 Å². The van der Waals surface area contributed by atoms with Gasteiger partial charge in [-0.1, -0.05) is 74.1 Å². The summed E-state index contributed by atoms with van der Waals surface area (Å²) in [7, 11) is 0.0297. The van der Waals surface area contributed by atoms with Crippen LogP contribution in [0, 0.1) is 18.9 Å². The van der Waals surface area contributed by atoms with E-state index >= 15 is 0 Å². The van der Waals surface area contributed by atoms with Crippen LogP contribution in [0.5, 0.6) is 0 Å². The van der Waals surface area contributed by atoms with Crippen molar-refractivity contribution < 1.29 is 22.7 Å². The van der Waals surface area contributed by atoms with E-state index in [1.54, 1.807) is 26.4 Å². The fourth-order valence-electron chi connectivity index (χ4n) is 2.64. The molecule has 0 bridgehead atoms. The Morgan fingerprint density at radius 1 is 1.00 bits per heavy atom. The fourth-order valence-corrected chi connectivity index (χ4v) is 3.51. The molecule has 0 saturated carbocycles. The van der Waals surface area contributed by atoms with E-state index < -0.39 is 15.7 Å². The SMILES string of the molecule is C.C.CC(C)(C)C=O.COCCCN.COCCCn1cncc1C(C)(C)C.[C-]#[N+]CS(=O)(=O)c1ccc(C)cc1. The lowest BCUT2D eigenvalue weighted by Gasteiger charge is -2.20. The van der Waals surface area contributed by atoms with Gasteiger partial charge in [0, 0.05) is 56.7 Å². The zero-order valence-corrected chi connectivity index (χ0v) is 26.2. The van der Waals surface area contributed by atoms with E-state index in [4.69, 9.17) is 21.8 Å². The van der Waals surface area contributed by atoms with E-state index in [-0.39, 0.29) is 30.6 Å². The highest BCUT2D eigenvalue weighted by atomic mass is 32.2. The third-order valence-electron chi connectivity index (χ3n) is 4.75. The summed E-state index contributed by atoms with van der Waals surface area (Å²) in [6.45, 7) is 23.9. The normalized spacial score (nSPS) is 10.5. The number of hydrogen-bond donors (Lipinski definition) is 1. The lowest BCUT2D eigenvalue weighted by molar-refractivity contribution is -0.113. The van der Waals surface area contributed by atoms with Crippen LogP contribution in [0.4, 0.5) is 0 Å². The molecule has 0 aliphatic heterocycles. The number of aldehydes is 1. The molecule has 238 valence electrons. The maximum Gasteiger partial charge on any atom is 0.316 e. The van der Waals surface area contributed by atoms with Crippen LogP contribution in [0.1, 0.15) is 80.5 Å². The highest BCUT2D eigenvalue weighted by molar-refractivity contribution is 7.91. The summed E-state index contributed by atoms with van der Waals surface area (Å²) in [4.78, 5) is 17.1. The van der Waals surface area contributed by atoms with Crippen LogP contribution in [0.25, 0.3) is 4.85 Å². The van der Waals surface area contributed by atoms with Crippen LogP contribution in [0.2, 0.25) is 0 Å². The predicted molar refractivity (Wildman–Crippen MR) is 172 cm³/mol. The maximum atomic E-state index is 11.3. The summed E-state index contributed by atoms with van der Waals surface area (Å²) >= 11 is 0. The molecule has 0 amide bonds. The molecule has 2 aromatic rings. The lowest BCUT2D eigenvalue weighted by atomic mass is 9.92. The standard InChI is InChI=1S/C11H20N2O.C9H9NO2S.C5H10O.C4H11NO.2CH4/c1-11(2,3)10-8-12-9-13(10)6-5-7-14-4;1-8-3-5-9(6-4-8)13(11,12)7-10-2;1-5(2,3)4-6;1-6-4-2-3-5;;/h8-9H,5-7H2,1-4H3;3-6H,7H2,1H3;4H,1-3H3;2-5H2,1H3;2*1H4. The van der Waals surface area contributed by atoms with Gasteiger partial charge in [0.1, 0.15) is 6.29 Å². The number of aromatic nitrogens is 2. The third-order valence-corrected chi connectivity index (χ3v) is 6.21.